The highest BCUT2D eigenvalue weighted by Crippen LogP contribution is 2.37. The van der Waals surface area contributed by atoms with Crippen LogP contribution in [0.3, 0.4) is 0 Å². The summed E-state index contributed by atoms with van der Waals surface area (Å²) in [5.74, 6) is 0.236. The third-order valence-electron chi connectivity index (χ3n) is 5.13. The standard InChI is InChI=1S/C18H20F3N5O2.ClH/c1-25-6-4-22-10-14(25)16-23-17(28-24-16)11-7-12(18(19,20)21)9-13(8-11)26-5-2-3-15(26)27;/h7-9,14,22H,2-6,10H2,1H3;1H. The highest BCUT2D eigenvalue weighted by atomic mass is 35.5. The minimum Gasteiger partial charge on any atom is -0.334 e. The second-order valence-corrected chi connectivity index (χ2v) is 7.07. The van der Waals surface area contributed by atoms with Gasteiger partial charge in [0.25, 0.3) is 5.89 Å². The summed E-state index contributed by atoms with van der Waals surface area (Å²) in [6.07, 6.45) is -3.60. The lowest BCUT2D eigenvalue weighted by molar-refractivity contribution is -0.137. The lowest BCUT2D eigenvalue weighted by Crippen LogP contribution is -2.44. The maximum absolute atomic E-state index is 13.4. The van der Waals surface area contributed by atoms with Crippen molar-refractivity contribution in [2.24, 2.45) is 0 Å². The van der Waals surface area contributed by atoms with E-state index >= 15 is 0 Å². The molecule has 158 valence electrons. The van der Waals surface area contributed by atoms with Gasteiger partial charge in [0.15, 0.2) is 5.82 Å². The number of aromatic nitrogens is 2. The van der Waals surface area contributed by atoms with Gasteiger partial charge in [-0.1, -0.05) is 5.16 Å². The summed E-state index contributed by atoms with van der Waals surface area (Å²) in [6, 6.07) is 3.35. The van der Waals surface area contributed by atoms with Crippen molar-refractivity contribution in [2.75, 3.05) is 38.1 Å². The van der Waals surface area contributed by atoms with Gasteiger partial charge in [-0.15, -0.1) is 12.4 Å². The monoisotopic (exact) mass is 431 g/mol. The molecule has 2 aromatic rings. The van der Waals surface area contributed by atoms with E-state index in [4.69, 9.17) is 4.52 Å². The molecular weight excluding hydrogens is 411 g/mol. The van der Waals surface area contributed by atoms with Gasteiger partial charge in [0.1, 0.15) is 0 Å². The fourth-order valence-corrected chi connectivity index (χ4v) is 3.56. The van der Waals surface area contributed by atoms with Gasteiger partial charge in [-0.25, -0.2) is 0 Å². The van der Waals surface area contributed by atoms with Gasteiger partial charge >= 0.3 is 6.18 Å². The summed E-state index contributed by atoms with van der Waals surface area (Å²) in [4.78, 5) is 19.8. The normalized spacial score (nSPS) is 20.8. The van der Waals surface area contributed by atoms with E-state index in [1.165, 1.54) is 11.0 Å². The van der Waals surface area contributed by atoms with Crippen LogP contribution in [-0.2, 0) is 11.0 Å². The van der Waals surface area contributed by atoms with E-state index in [-0.39, 0.29) is 41.5 Å². The van der Waals surface area contributed by atoms with E-state index in [0.29, 0.717) is 31.8 Å². The lowest BCUT2D eigenvalue weighted by Gasteiger charge is -2.30. The van der Waals surface area contributed by atoms with Crippen LogP contribution in [0.15, 0.2) is 22.7 Å². The molecule has 1 amide bonds. The van der Waals surface area contributed by atoms with Crippen LogP contribution in [0.25, 0.3) is 11.5 Å². The molecule has 0 radical (unpaired) electrons. The summed E-state index contributed by atoms with van der Waals surface area (Å²) >= 11 is 0. The number of likely N-dealkylation sites (N-methyl/N-ethyl adjacent to an activating group) is 1. The Morgan fingerprint density at radius 2 is 2.03 bits per heavy atom. The van der Waals surface area contributed by atoms with Crippen LogP contribution >= 0.6 is 12.4 Å². The van der Waals surface area contributed by atoms with Gasteiger partial charge in [0.2, 0.25) is 5.91 Å². The Morgan fingerprint density at radius 3 is 2.69 bits per heavy atom. The Morgan fingerprint density at radius 1 is 1.24 bits per heavy atom. The third-order valence-corrected chi connectivity index (χ3v) is 5.13. The fourth-order valence-electron chi connectivity index (χ4n) is 3.56. The first-order chi connectivity index (χ1) is 13.3. The van der Waals surface area contributed by atoms with Crippen LogP contribution in [0.2, 0.25) is 0 Å². The zero-order valence-corrected chi connectivity index (χ0v) is 16.5. The molecule has 3 heterocycles. The molecule has 2 aliphatic rings. The van der Waals surface area contributed by atoms with Crippen molar-refractivity contribution in [1.29, 1.82) is 0 Å². The summed E-state index contributed by atoms with van der Waals surface area (Å²) in [5.41, 5.74) is -0.505. The highest BCUT2D eigenvalue weighted by molar-refractivity contribution is 5.96. The molecule has 1 aromatic heterocycles. The van der Waals surface area contributed by atoms with Crippen molar-refractivity contribution in [3.05, 3.63) is 29.6 Å². The number of carbonyl (C=O) groups is 1. The Bertz CT molecular complexity index is 889. The number of nitrogens with one attached hydrogen (secondary N) is 1. The molecule has 1 unspecified atom stereocenters. The average Bonchev–Trinajstić information content (AvgIpc) is 3.30. The number of amides is 1. The van der Waals surface area contributed by atoms with Crippen LogP contribution in [0.4, 0.5) is 18.9 Å². The van der Waals surface area contributed by atoms with E-state index in [1.54, 1.807) is 0 Å². The largest absolute Gasteiger partial charge is 0.416 e. The summed E-state index contributed by atoms with van der Waals surface area (Å²) in [6.45, 7) is 2.68. The van der Waals surface area contributed by atoms with Gasteiger partial charge in [0, 0.05) is 43.9 Å². The molecule has 2 aliphatic heterocycles. The smallest absolute Gasteiger partial charge is 0.334 e. The molecule has 0 saturated carbocycles. The Labute approximate surface area is 171 Å². The van der Waals surface area contributed by atoms with Crippen molar-refractivity contribution < 1.29 is 22.5 Å². The zero-order valence-electron chi connectivity index (χ0n) is 15.7. The molecule has 1 N–H and O–H groups in total. The minimum atomic E-state index is -4.55. The van der Waals surface area contributed by atoms with Gasteiger partial charge in [-0.2, -0.15) is 18.2 Å². The molecular formula is C18H21ClF3N5O2. The van der Waals surface area contributed by atoms with Crippen LogP contribution < -0.4 is 10.2 Å². The summed E-state index contributed by atoms with van der Waals surface area (Å²) in [5, 5.41) is 7.21. The molecule has 0 bridgehead atoms. The second kappa shape index (κ2) is 8.29. The number of anilines is 1. The first-order valence-corrected chi connectivity index (χ1v) is 9.10. The maximum Gasteiger partial charge on any atom is 0.416 e. The molecule has 11 heteroatoms. The highest BCUT2D eigenvalue weighted by Gasteiger charge is 2.34. The van der Waals surface area contributed by atoms with Gasteiger partial charge in [-0.3, -0.25) is 9.69 Å². The fraction of sp³-hybridized carbons (Fsp3) is 0.500. The van der Waals surface area contributed by atoms with E-state index < -0.39 is 11.7 Å². The van der Waals surface area contributed by atoms with Gasteiger partial charge in [-0.05, 0) is 31.7 Å². The number of benzene rings is 1. The van der Waals surface area contributed by atoms with Crippen LogP contribution in [0.1, 0.15) is 30.3 Å². The van der Waals surface area contributed by atoms with Crippen molar-refractivity contribution in [1.82, 2.24) is 20.4 Å². The van der Waals surface area contributed by atoms with Crippen LogP contribution in [0, 0.1) is 0 Å². The number of rotatable bonds is 3. The van der Waals surface area contributed by atoms with E-state index in [2.05, 4.69) is 20.4 Å². The SMILES string of the molecule is CN1CCNCC1c1noc(-c2cc(N3CCCC3=O)cc(C(F)(F)F)c2)n1.Cl. The number of hydrogen-bond donors (Lipinski definition) is 1. The van der Waals surface area contributed by atoms with Crippen molar-refractivity contribution in [2.45, 2.75) is 25.1 Å². The maximum atomic E-state index is 13.4. The number of nitrogens with zero attached hydrogens (tertiary/aromatic N) is 4. The van der Waals surface area contributed by atoms with Crippen LogP contribution in [-0.4, -0.2) is 54.2 Å². The number of carbonyl (C=O) groups excluding carboxylic acids is 1. The summed E-state index contributed by atoms with van der Waals surface area (Å²) in [7, 11) is 1.93. The molecule has 29 heavy (non-hydrogen) atoms. The van der Waals surface area contributed by atoms with Crippen molar-refractivity contribution in [3.8, 4) is 11.5 Å². The molecule has 2 saturated heterocycles. The molecule has 0 spiro atoms. The summed E-state index contributed by atoms with van der Waals surface area (Å²) < 4.78 is 45.5. The molecule has 4 rings (SSSR count). The van der Waals surface area contributed by atoms with Crippen molar-refractivity contribution >= 4 is 24.0 Å². The number of halogens is 4. The first-order valence-electron chi connectivity index (χ1n) is 9.10. The van der Waals surface area contributed by atoms with Crippen LogP contribution in [0.5, 0.6) is 0 Å². The second-order valence-electron chi connectivity index (χ2n) is 7.07. The molecule has 7 nitrogen and oxygen atoms in total. The molecule has 1 aromatic carbocycles. The van der Waals surface area contributed by atoms with E-state index in [1.807, 2.05) is 7.05 Å². The molecule has 0 aliphatic carbocycles. The van der Waals surface area contributed by atoms with Gasteiger partial charge in [0.05, 0.1) is 11.6 Å². The van der Waals surface area contributed by atoms with Gasteiger partial charge < -0.3 is 14.7 Å². The van der Waals surface area contributed by atoms with E-state index in [0.717, 1.165) is 25.2 Å². The predicted molar refractivity (Wildman–Crippen MR) is 102 cm³/mol. The zero-order chi connectivity index (χ0) is 19.9. The van der Waals surface area contributed by atoms with E-state index in [9.17, 15) is 18.0 Å². The molecule has 2 fully saturated rings. The third kappa shape index (κ3) is 4.39. The lowest BCUT2D eigenvalue weighted by atomic mass is 10.1. The molecule has 1 atom stereocenters. The first kappa shape index (κ1) is 21.5. The Balaban J connectivity index is 0.00000240. The Kier molecular flexibility index (Phi) is 6.16. The number of piperazine rings is 1. The minimum absolute atomic E-state index is 0. The predicted octanol–water partition coefficient (Wildman–Crippen LogP) is 2.88. The van der Waals surface area contributed by atoms with Crippen molar-refractivity contribution in [3.63, 3.8) is 0 Å². The topological polar surface area (TPSA) is 74.5 Å². The number of alkyl halides is 3. The average molecular weight is 432 g/mol. The Hall–Kier alpha value is -2.17. The number of hydrogen-bond acceptors (Lipinski definition) is 6. The quantitative estimate of drug-likeness (QED) is 0.805.